The number of nitrogens with one attached hydrogen (secondary N) is 1. The molecule has 1 atom stereocenters. The standard InChI is InChI=1S/C10H16N2OS/c1-7(2)8(6-11)10(13)12-9-4-3-5-14-9/h3-5,7-8H,6,11H2,1-2H3,(H,12,13). The maximum Gasteiger partial charge on any atom is 0.229 e. The van der Waals surface area contributed by atoms with Gasteiger partial charge >= 0.3 is 0 Å². The van der Waals surface area contributed by atoms with Crippen molar-refractivity contribution in [2.75, 3.05) is 11.9 Å². The second-order valence-electron chi connectivity index (χ2n) is 3.55. The van der Waals surface area contributed by atoms with E-state index < -0.39 is 0 Å². The molecule has 0 saturated heterocycles. The maximum absolute atomic E-state index is 11.7. The van der Waals surface area contributed by atoms with Gasteiger partial charge in [-0.05, 0) is 23.4 Å². The van der Waals surface area contributed by atoms with Crippen LogP contribution in [0, 0.1) is 11.8 Å². The van der Waals surface area contributed by atoms with Crippen LogP contribution in [0.25, 0.3) is 0 Å². The number of carbonyl (C=O) groups excluding carboxylic acids is 1. The van der Waals surface area contributed by atoms with Crippen molar-refractivity contribution >= 4 is 22.2 Å². The van der Waals surface area contributed by atoms with E-state index in [1.807, 2.05) is 31.4 Å². The molecule has 0 aliphatic rings. The molecule has 78 valence electrons. The minimum atomic E-state index is -0.0999. The number of amides is 1. The lowest BCUT2D eigenvalue weighted by Gasteiger charge is -2.17. The van der Waals surface area contributed by atoms with Crippen molar-refractivity contribution in [2.24, 2.45) is 17.6 Å². The third kappa shape index (κ3) is 2.82. The lowest BCUT2D eigenvalue weighted by Crippen LogP contribution is -2.32. The first-order valence-electron chi connectivity index (χ1n) is 4.69. The first kappa shape index (κ1) is 11.2. The van der Waals surface area contributed by atoms with Gasteiger partial charge in [-0.3, -0.25) is 4.79 Å². The van der Waals surface area contributed by atoms with Gasteiger partial charge in [0.25, 0.3) is 0 Å². The van der Waals surface area contributed by atoms with E-state index in [-0.39, 0.29) is 17.7 Å². The van der Waals surface area contributed by atoms with Crippen molar-refractivity contribution in [2.45, 2.75) is 13.8 Å². The van der Waals surface area contributed by atoms with Gasteiger partial charge in [-0.25, -0.2) is 0 Å². The number of thiophene rings is 1. The summed E-state index contributed by atoms with van der Waals surface area (Å²) < 4.78 is 0. The van der Waals surface area contributed by atoms with Gasteiger partial charge in [0.15, 0.2) is 0 Å². The molecule has 0 aromatic carbocycles. The highest BCUT2D eigenvalue weighted by atomic mass is 32.1. The largest absolute Gasteiger partial charge is 0.330 e. The molecule has 0 saturated carbocycles. The molecule has 1 rings (SSSR count). The van der Waals surface area contributed by atoms with E-state index >= 15 is 0 Å². The number of hydrogen-bond acceptors (Lipinski definition) is 3. The minimum Gasteiger partial charge on any atom is -0.330 e. The van der Waals surface area contributed by atoms with E-state index in [2.05, 4.69) is 5.32 Å². The number of nitrogens with two attached hydrogens (primary N) is 1. The van der Waals surface area contributed by atoms with Crippen molar-refractivity contribution in [3.05, 3.63) is 17.5 Å². The Bertz CT molecular complexity index is 282. The molecule has 0 spiro atoms. The summed E-state index contributed by atoms with van der Waals surface area (Å²) in [6, 6.07) is 3.80. The SMILES string of the molecule is CC(C)C(CN)C(=O)Nc1cccs1. The fourth-order valence-corrected chi connectivity index (χ4v) is 1.87. The lowest BCUT2D eigenvalue weighted by molar-refractivity contribution is -0.120. The van der Waals surface area contributed by atoms with Gasteiger partial charge in [0, 0.05) is 6.54 Å². The first-order valence-corrected chi connectivity index (χ1v) is 5.57. The second kappa shape index (κ2) is 5.12. The molecule has 1 aromatic rings. The Balaban J connectivity index is 2.56. The third-order valence-electron chi connectivity index (χ3n) is 2.16. The highest BCUT2D eigenvalue weighted by molar-refractivity contribution is 7.14. The fourth-order valence-electron chi connectivity index (χ4n) is 1.25. The zero-order valence-electron chi connectivity index (χ0n) is 8.49. The number of anilines is 1. The average molecular weight is 212 g/mol. The van der Waals surface area contributed by atoms with Gasteiger partial charge in [0.1, 0.15) is 0 Å². The Morgan fingerprint density at radius 3 is 2.79 bits per heavy atom. The average Bonchev–Trinajstić information content (AvgIpc) is 2.57. The smallest absolute Gasteiger partial charge is 0.229 e. The molecule has 1 aromatic heterocycles. The Labute approximate surface area is 88.3 Å². The molecule has 0 bridgehead atoms. The summed E-state index contributed by atoms with van der Waals surface area (Å²) in [5.74, 6) is 0.196. The van der Waals surface area contributed by atoms with E-state index in [1.54, 1.807) is 0 Å². The topological polar surface area (TPSA) is 55.1 Å². The highest BCUT2D eigenvalue weighted by Gasteiger charge is 2.20. The molecule has 4 heteroatoms. The van der Waals surface area contributed by atoms with Crippen LogP contribution in [0.1, 0.15) is 13.8 Å². The molecule has 3 N–H and O–H groups in total. The molecule has 1 unspecified atom stereocenters. The zero-order chi connectivity index (χ0) is 10.6. The second-order valence-corrected chi connectivity index (χ2v) is 4.50. The van der Waals surface area contributed by atoms with Crippen LogP contribution in [-0.4, -0.2) is 12.5 Å². The Hall–Kier alpha value is -0.870. The molecule has 1 heterocycles. The summed E-state index contributed by atoms with van der Waals surface area (Å²) in [5, 5.41) is 5.67. The van der Waals surface area contributed by atoms with Gasteiger partial charge < -0.3 is 11.1 Å². The van der Waals surface area contributed by atoms with Gasteiger partial charge in [-0.15, -0.1) is 11.3 Å². The van der Waals surface area contributed by atoms with Crippen molar-refractivity contribution in [3.63, 3.8) is 0 Å². The van der Waals surface area contributed by atoms with Gasteiger partial charge in [-0.1, -0.05) is 13.8 Å². The maximum atomic E-state index is 11.7. The molecule has 1 amide bonds. The van der Waals surface area contributed by atoms with Crippen LogP contribution in [-0.2, 0) is 4.79 Å². The predicted octanol–water partition coefficient (Wildman–Crippen LogP) is 1.92. The number of carbonyl (C=O) groups is 1. The normalized spacial score (nSPS) is 12.9. The molecule has 0 aliphatic heterocycles. The van der Waals surface area contributed by atoms with E-state index in [9.17, 15) is 4.79 Å². The van der Waals surface area contributed by atoms with Crippen LogP contribution < -0.4 is 11.1 Å². The van der Waals surface area contributed by atoms with Crippen molar-refractivity contribution in [3.8, 4) is 0 Å². The summed E-state index contributed by atoms with van der Waals surface area (Å²) in [5.41, 5.74) is 5.55. The van der Waals surface area contributed by atoms with Gasteiger partial charge in [0.05, 0.1) is 10.9 Å². The van der Waals surface area contributed by atoms with E-state index in [1.165, 1.54) is 11.3 Å². The Kier molecular flexibility index (Phi) is 4.10. The predicted molar refractivity (Wildman–Crippen MR) is 60.3 cm³/mol. The summed E-state index contributed by atoms with van der Waals surface area (Å²) in [4.78, 5) is 11.7. The van der Waals surface area contributed by atoms with Gasteiger partial charge in [0.2, 0.25) is 5.91 Å². The summed E-state index contributed by atoms with van der Waals surface area (Å²) >= 11 is 1.52. The number of rotatable bonds is 4. The van der Waals surface area contributed by atoms with Crippen LogP contribution in [0.15, 0.2) is 17.5 Å². The minimum absolute atomic E-state index is 0.0185. The van der Waals surface area contributed by atoms with Crippen LogP contribution in [0.2, 0.25) is 0 Å². The third-order valence-corrected chi connectivity index (χ3v) is 2.95. The van der Waals surface area contributed by atoms with E-state index in [4.69, 9.17) is 5.73 Å². The Morgan fingerprint density at radius 2 is 2.36 bits per heavy atom. The first-order chi connectivity index (χ1) is 6.65. The van der Waals surface area contributed by atoms with Crippen molar-refractivity contribution < 1.29 is 4.79 Å². The Morgan fingerprint density at radius 1 is 1.64 bits per heavy atom. The molecule has 0 aliphatic carbocycles. The molecule has 3 nitrogen and oxygen atoms in total. The fraction of sp³-hybridized carbons (Fsp3) is 0.500. The van der Waals surface area contributed by atoms with Crippen molar-refractivity contribution in [1.82, 2.24) is 0 Å². The van der Waals surface area contributed by atoms with Crippen LogP contribution in [0.3, 0.4) is 0 Å². The van der Waals surface area contributed by atoms with Crippen LogP contribution in [0.5, 0.6) is 0 Å². The number of hydrogen-bond donors (Lipinski definition) is 2. The quantitative estimate of drug-likeness (QED) is 0.801. The monoisotopic (exact) mass is 212 g/mol. The molecular formula is C10H16N2OS. The summed E-state index contributed by atoms with van der Waals surface area (Å²) in [7, 11) is 0. The van der Waals surface area contributed by atoms with Gasteiger partial charge in [-0.2, -0.15) is 0 Å². The van der Waals surface area contributed by atoms with Crippen LogP contribution >= 0.6 is 11.3 Å². The van der Waals surface area contributed by atoms with Crippen LogP contribution in [0.4, 0.5) is 5.00 Å². The van der Waals surface area contributed by atoms with Crippen molar-refractivity contribution in [1.29, 1.82) is 0 Å². The molecule has 14 heavy (non-hydrogen) atoms. The molecule has 0 fully saturated rings. The van der Waals surface area contributed by atoms with E-state index in [0.29, 0.717) is 6.54 Å². The highest BCUT2D eigenvalue weighted by Crippen LogP contribution is 2.18. The zero-order valence-corrected chi connectivity index (χ0v) is 9.30. The summed E-state index contributed by atoms with van der Waals surface area (Å²) in [6.45, 7) is 4.41. The lowest BCUT2D eigenvalue weighted by atomic mass is 9.95. The summed E-state index contributed by atoms with van der Waals surface area (Å²) in [6.07, 6.45) is 0. The van der Waals surface area contributed by atoms with E-state index in [0.717, 1.165) is 5.00 Å². The molecule has 0 radical (unpaired) electrons. The molecular weight excluding hydrogens is 196 g/mol.